The number of ketones is 1. The van der Waals surface area contributed by atoms with E-state index >= 15 is 0 Å². The lowest BCUT2D eigenvalue weighted by Gasteiger charge is -2.19. The maximum atomic E-state index is 12.6. The van der Waals surface area contributed by atoms with Crippen LogP contribution in [-0.2, 0) is 11.8 Å². The van der Waals surface area contributed by atoms with Crippen molar-refractivity contribution in [1.29, 1.82) is 0 Å². The average Bonchev–Trinajstić information content (AvgIpc) is 2.54. The van der Waals surface area contributed by atoms with Crippen LogP contribution in [0.3, 0.4) is 0 Å². The van der Waals surface area contributed by atoms with Crippen LogP contribution in [0.5, 0.6) is 0 Å². The molecule has 2 heteroatoms. The first-order valence-corrected chi connectivity index (χ1v) is 7.91. The van der Waals surface area contributed by atoms with Crippen molar-refractivity contribution in [3.8, 4) is 0 Å². The number of para-hydroxylation sites is 1. The van der Waals surface area contributed by atoms with E-state index in [-0.39, 0.29) is 11.2 Å². The van der Waals surface area contributed by atoms with Crippen molar-refractivity contribution in [3.05, 3.63) is 77.5 Å². The number of hydrogen-bond acceptors (Lipinski definition) is 2. The topological polar surface area (TPSA) is 30.0 Å². The monoisotopic (exact) mass is 303 g/mol. The maximum Gasteiger partial charge on any atom is 0.167 e. The first-order valence-electron chi connectivity index (χ1n) is 7.91. The molecule has 0 saturated heterocycles. The molecule has 0 aliphatic rings. The lowest BCUT2D eigenvalue weighted by atomic mass is 9.85. The molecule has 1 aromatic heterocycles. The summed E-state index contributed by atoms with van der Waals surface area (Å²) >= 11 is 0. The van der Waals surface area contributed by atoms with Crippen LogP contribution in [0, 0.1) is 0 Å². The zero-order valence-corrected chi connectivity index (χ0v) is 13.8. The van der Waals surface area contributed by atoms with Gasteiger partial charge in [-0.15, -0.1) is 0 Å². The number of aromatic nitrogens is 1. The SMILES string of the molecule is CC(C)(C)c1cccc(C(=O)Cc2cnc3ccccc3c2)c1. The van der Waals surface area contributed by atoms with E-state index in [1.165, 1.54) is 5.56 Å². The van der Waals surface area contributed by atoms with Gasteiger partial charge in [-0.25, -0.2) is 0 Å². The molecule has 23 heavy (non-hydrogen) atoms. The molecule has 2 nitrogen and oxygen atoms in total. The molecule has 0 spiro atoms. The molecule has 0 atom stereocenters. The third-order valence-electron chi connectivity index (χ3n) is 4.06. The fourth-order valence-corrected chi connectivity index (χ4v) is 2.66. The number of Topliss-reactive ketones (excluding diaryl/α,β-unsaturated/α-hetero) is 1. The van der Waals surface area contributed by atoms with E-state index in [0.717, 1.165) is 22.0 Å². The molecule has 2 aromatic carbocycles. The molecular formula is C21H21NO. The molecule has 3 aromatic rings. The van der Waals surface area contributed by atoms with Gasteiger partial charge in [0, 0.05) is 23.6 Å². The van der Waals surface area contributed by atoms with Gasteiger partial charge in [0.25, 0.3) is 0 Å². The van der Waals surface area contributed by atoms with Crippen LogP contribution in [-0.4, -0.2) is 10.8 Å². The molecule has 3 rings (SSSR count). The van der Waals surface area contributed by atoms with Gasteiger partial charge in [-0.1, -0.05) is 57.2 Å². The van der Waals surface area contributed by atoms with E-state index in [2.05, 4.69) is 31.8 Å². The summed E-state index contributed by atoms with van der Waals surface area (Å²) < 4.78 is 0. The molecule has 0 radical (unpaired) electrons. The molecule has 0 aliphatic carbocycles. The van der Waals surface area contributed by atoms with Crippen molar-refractivity contribution in [2.45, 2.75) is 32.6 Å². The van der Waals surface area contributed by atoms with Crippen molar-refractivity contribution < 1.29 is 4.79 Å². The van der Waals surface area contributed by atoms with Crippen LogP contribution < -0.4 is 0 Å². The fraction of sp³-hybridized carbons (Fsp3) is 0.238. The molecule has 0 aliphatic heterocycles. The minimum absolute atomic E-state index is 0.0425. The Morgan fingerprint density at radius 1 is 1.00 bits per heavy atom. The van der Waals surface area contributed by atoms with Crippen molar-refractivity contribution >= 4 is 16.7 Å². The highest BCUT2D eigenvalue weighted by molar-refractivity contribution is 5.98. The van der Waals surface area contributed by atoms with E-state index in [1.54, 1.807) is 6.20 Å². The summed E-state index contributed by atoms with van der Waals surface area (Å²) in [5.41, 5.74) is 3.90. The second kappa shape index (κ2) is 5.96. The largest absolute Gasteiger partial charge is 0.294 e. The Kier molecular flexibility index (Phi) is 3.99. The predicted molar refractivity (Wildman–Crippen MR) is 94.9 cm³/mol. The summed E-state index contributed by atoms with van der Waals surface area (Å²) in [6.45, 7) is 6.47. The molecule has 0 saturated carbocycles. The van der Waals surface area contributed by atoms with Gasteiger partial charge in [0.05, 0.1) is 5.52 Å². The molecule has 116 valence electrons. The normalized spacial score (nSPS) is 11.6. The lowest BCUT2D eigenvalue weighted by Crippen LogP contribution is -2.13. The molecule has 0 bridgehead atoms. The standard InChI is InChI=1S/C21H21NO/c1-21(2,3)18-9-6-8-17(13-18)20(23)12-15-11-16-7-4-5-10-19(16)22-14-15/h4-11,13-14H,12H2,1-3H3. The van der Waals surface area contributed by atoms with Gasteiger partial charge in [0.15, 0.2) is 5.78 Å². The van der Waals surface area contributed by atoms with Crippen LogP contribution in [0.25, 0.3) is 10.9 Å². The number of fused-ring (bicyclic) bond motifs is 1. The van der Waals surface area contributed by atoms with E-state index in [9.17, 15) is 4.79 Å². The Hall–Kier alpha value is -2.48. The van der Waals surface area contributed by atoms with Gasteiger partial charge < -0.3 is 0 Å². The van der Waals surface area contributed by atoms with Gasteiger partial charge in [-0.2, -0.15) is 0 Å². The van der Waals surface area contributed by atoms with Crippen LogP contribution in [0.4, 0.5) is 0 Å². The highest BCUT2D eigenvalue weighted by atomic mass is 16.1. The van der Waals surface area contributed by atoms with Crippen molar-refractivity contribution in [2.75, 3.05) is 0 Å². The zero-order valence-electron chi connectivity index (χ0n) is 13.8. The van der Waals surface area contributed by atoms with Crippen LogP contribution in [0.2, 0.25) is 0 Å². The predicted octanol–water partition coefficient (Wildman–Crippen LogP) is 4.96. The number of pyridine rings is 1. The van der Waals surface area contributed by atoms with Crippen LogP contribution in [0.15, 0.2) is 60.8 Å². The third kappa shape index (κ3) is 3.48. The third-order valence-corrected chi connectivity index (χ3v) is 4.06. The first kappa shape index (κ1) is 15.4. The van der Waals surface area contributed by atoms with Crippen LogP contribution in [0.1, 0.15) is 42.3 Å². The quantitative estimate of drug-likeness (QED) is 0.640. The molecule has 0 unspecified atom stereocenters. The number of rotatable bonds is 3. The minimum atomic E-state index is 0.0425. The summed E-state index contributed by atoms with van der Waals surface area (Å²) in [6, 6.07) is 18.0. The molecular weight excluding hydrogens is 282 g/mol. The van der Waals surface area contributed by atoms with Gasteiger partial charge in [-0.3, -0.25) is 9.78 Å². The van der Waals surface area contributed by atoms with E-state index < -0.39 is 0 Å². The molecule has 0 fully saturated rings. The van der Waals surface area contributed by atoms with Gasteiger partial charge in [0.2, 0.25) is 0 Å². The van der Waals surface area contributed by atoms with Crippen molar-refractivity contribution in [2.24, 2.45) is 0 Å². The van der Waals surface area contributed by atoms with Gasteiger partial charge in [-0.05, 0) is 34.7 Å². The average molecular weight is 303 g/mol. The summed E-state index contributed by atoms with van der Waals surface area (Å²) in [5, 5.41) is 1.07. The number of nitrogens with zero attached hydrogens (tertiary/aromatic N) is 1. The van der Waals surface area contributed by atoms with E-state index in [0.29, 0.717) is 6.42 Å². The number of benzene rings is 2. The maximum absolute atomic E-state index is 12.6. The smallest absolute Gasteiger partial charge is 0.167 e. The van der Waals surface area contributed by atoms with Crippen molar-refractivity contribution in [3.63, 3.8) is 0 Å². The van der Waals surface area contributed by atoms with Crippen LogP contribution >= 0.6 is 0 Å². The molecule has 0 amide bonds. The number of carbonyl (C=O) groups is 1. The number of carbonyl (C=O) groups excluding carboxylic acids is 1. The highest BCUT2D eigenvalue weighted by Gasteiger charge is 2.16. The summed E-state index contributed by atoms with van der Waals surface area (Å²) in [6.07, 6.45) is 2.18. The first-order chi connectivity index (χ1) is 10.9. The Morgan fingerprint density at radius 2 is 1.78 bits per heavy atom. The van der Waals surface area contributed by atoms with E-state index in [4.69, 9.17) is 0 Å². The Bertz CT molecular complexity index is 859. The second-order valence-electron chi connectivity index (χ2n) is 6.97. The zero-order chi connectivity index (χ0) is 16.4. The highest BCUT2D eigenvalue weighted by Crippen LogP contribution is 2.23. The summed E-state index contributed by atoms with van der Waals surface area (Å²) in [5.74, 6) is 0.133. The molecule has 1 heterocycles. The van der Waals surface area contributed by atoms with Gasteiger partial charge >= 0.3 is 0 Å². The lowest BCUT2D eigenvalue weighted by molar-refractivity contribution is 0.0993. The number of hydrogen-bond donors (Lipinski definition) is 0. The Labute approximate surface area is 137 Å². The van der Waals surface area contributed by atoms with E-state index in [1.807, 2.05) is 48.5 Å². The fourth-order valence-electron chi connectivity index (χ4n) is 2.66. The second-order valence-corrected chi connectivity index (χ2v) is 6.97. The summed E-state index contributed by atoms with van der Waals surface area (Å²) in [7, 11) is 0. The minimum Gasteiger partial charge on any atom is -0.294 e. The molecule has 0 N–H and O–H groups in total. The Balaban J connectivity index is 1.86. The van der Waals surface area contributed by atoms with Gasteiger partial charge in [0.1, 0.15) is 0 Å². The summed E-state index contributed by atoms with van der Waals surface area (Å²) in [4.78, 5) is 17.0. The van der Waals surface area contributed by atoms with Crippen molar-refractivity contribution in [1.82, 2.24) is 4.98 Å². The Morgan fingerprint density at radius 3 is 2.57 bits per heavy atom.